The maximum atomic E-state index is 14.8. The van der Waals surface area contributed by atoms with Gasteiger partial charge in [-0.05, 0) is 268 Å². The largest absolute Gasteiger partial charge is 0.490 e. The predicted molar refractivity (Wildman–Crippen MR) is 459 cm³/mol. The Balaban J connectivity index is 0.942. The molecule has 654 valence electrons. The summed E-state index contributed by atoms with van der Waals surface area (Å²) < 4.78 is 103. The van der Waals surface area contributed by atoms with E-state index in [2.05, 4.69) is 39.5 Å². The van der Waals surface area contributed by atoms with Crippen LogP contribution in [0.3, 0.4) is 0 Å². The summed E-state index contributed by atoms with van der Waals surface area (Å²) in [7, 11) is 0. The van der Waals surface area contributed by atoms with Gasteiger partial charge in [0.1, 0.15) is 114 Å². The highest BCUT2D eigenvalue weighted by Gasteiger charge is 2.41. The van der Waals surface area contributed by atoms with Crippen molar-refractivity contribution in [2.24, 2.45) is 0 Å². The van der Waals surface area contributed by atoms with Gasteiger partial charge in [-0.15, -0.1) is 0 Å². The molecule has 3 aliphatic carbocycles. The molecule has 0 aliphatic heterocycles. The van der Waals surface area contributed by atoms with E-state index in [1.165, 1.54) is 146 Å². The van der Waals surface area contributed by atoms with Crippen molar-refractivity contribution in [1.82, 2.24) is 0 Å². The monoisotopic (exact) mass is 1750 g/mol. The van der Waals surface area contributed by atoms with Gasteiger partial charge in [0.2, 0.25) is 0 Å². The summed E-state index contributed by atoms with van der Waals surface area (Å²) in [6.07, 6.45) is 6.27. The van der Waals surface area contributed by atoms with Crippen molar-refractivity contribution in [3.05, 3.63) is 325 Å². The lowest BCUT2D eigenvalue weighted by Gasteiger charge is -2.18. The van der Waals surface area contributed by atoms with Gasteiger partial charge in [0, 0.05) is 36.5 Å². The molecule has 13 rings (SSSR count). The van der Waals surface area contributed by atoms with Crippen LogP contribution in [0.1, 0.15) is 95.5 Å². The van der Waals surface area contributed by atoms with Gasteiger partial charge in [0.25, 0.3) is 0 Å². The predicted octanol–water partition coefficient (Wildman–Crippen LogP) is 14.4. The molecule has 0 fully saturated rings. The van der Waals surface area contributed by atoms with Crippen molar-refractivity contribution in [2.75, 3.05) is 79.3 Å². The van der Waals surface area contributed by atoms with Gasteiger partial charge in [-0.3, -0.25) is 0 Å². The van der Waals surface area contributed by atoms with E-state index in [1.807, 2.05) is 0 Å². The van der Waals surface area contributed by atoms with E-state index in [1.54, 1.807) is 36.4 Å². The Morgan fingerprint density at radius 1 is 0.217 bits per heavy atom. The number of carbonyl (C=O) groups is 12. The van der Waals surface area contributed by atoms with Crippen molar-refractivity contribution in [3.63, 3.8) is 0 Å². The lowest BCUT2D eigenvalue weighted by Crippen LogP contribution is -2.13. The number of carbonyl (C=O) groups excluding carboxylic acids is 12. The first-order valence-corrected chi connectivity index (χ1v) is 39.8. The minimum atomic E-state index is -0.915. The minimum absolute atomic E-state index is 0.0175. The summed E-state index contributed by atoms with van der Waals surface area (Å²) in [4.78, 5) is 158. The van der Waals surface area contributed by atoms with Crippen LogP contribution in [0.2, 0.25) is 0 Å². The maximum Gasteiger partial charge on any atom is 0.343 e. The Hall–Kier alpha value is -16.9. The van der Waals surface area contributed by atoms with Gasteiger partial charge in [0.15, 0.2) is 34.5 Å². The Morgan fingerprint density at radius 3 is 0.527 bits per heavy atom. The molecule has 10 aromatic rings. The fraction of sp³-hybridized carbons (Fsp3) is 0.152. The molecule has 0 amide bonds. The number of fused-ring (bicyclic) bond motifs is 12. The fourth-order valence-electron chi connectivity index (χ4n) is 13.7. The Kier molecular flexibility index (Phi) is 29.6. The van der Waals surface area contributed by atoms with Gasteiger partial charge in [-0.2, -0.15) is 0 Å². The molecular weight excluding hydrogens is 1670 g/mol. The number of ether oxygens (including phenoxy) is 18. The SMILES string of the molecule is C=CC(=O)OCCOc1ccc(C(=O)Oc2cc3c(cc2OC(=O)c2ccc(OCCOC(=O)C=C)cc2)-c2c(c4c(c5c2Cc2cc(OC(=O)c6ccc(OCCOC(=O)C=C)cc6)c(OC(=O)c6ccc(OCCOC(=O)C=C)cc6)cc2-5)Cc2cc(OC(=O)c5ccc(OCCOC(=O)C=C)cc5)c(OC(=O)c5ccc(OCCOC(=O)C=C)cc5)cc2-4)C3)cc1. The lowest BCUT2D eigenvalue weighted by atomic mass is 9.86. The average Bonchev–Trinajstić information content (AvgIpc) is 1.53. The van der Waals surface area contributed by atoms with Gasteiger partial charge in [-0.25, -0.2) is 57.5 Å². The molecule has 0 spiro atoms. The third kappa shape index (κ3) is 22.7. The first-order valence-electron chi connectivity index (χ1n) is 39.8. The maximum absolute atomic E-state index is 14.8. The molecule has 0 bridgehead atoms. The van der Waals surface area contributed by atoms with Crippen molar-refractivity contribution in [2.45, 2.75) is 19.3 Å². The van der Waals surface area contributed by atoms with E-state index in [0.717, 1.165) is 36.5 Å². The van der Waals surface area contributed by atoms with Crippen LogP contribution in [0.25, 0.3) is 33.4 Å². The summed E-state index contributed by atoms with van der Waals surface area (Å²) >= 11 is 0. The number of benzene rings is 10. The molecule has 30 nitrogen and oxygen atoms in total. The molecule has 0 heterocycles. The second-order valence-corrected chi connectivity index (χ2v) is 27.8. The summed E-state index contributed by atoms with van der Waals surface area (Å²) in [6, 6.07) is 44.6. The molecule has 0 aromatic heterocycles. The second-order valence-electron chi connectivity index (χ2n) is 27.8. The van der Waals surface area contributed by atoms with Crippen LogP contribution in [0.4, 0.5) is 0 Å². The van der Waals surface area contributed by atoms with E-state index >= 15 is 0 Å². The molecular formula is C99H78O30. The number of hydrogen-bond donors (Lipinski definition) is 0. The normalized spacial score (nSPS) is 11.2. The van der Waals surface area contributed by atoms with Crippen LogP contribution >= 0.6 is 0 Å². The topological polar surface area (TPSA) is 371 Å². The molecule has 0 N–H and O–H groups in total. The zero-order chi connectivity index (χ0) is 91.0. The quantitative estimate of drug-likeness (QED) is 0.0113. The Morgan fingerprint density at radius 2 is 0.372 bits per heavy atom. The molecule has 3 aliphatic rings. The minimum Gasteiger partial charge on any atom is -0.490 e. The highest BCUT2D eigenvalue weighted by atomic mass is 16.6. The van der Waals surface area contributed by atoms with Crippen LogP contribution in [-0.2, 0) is 76.5 Å². The molecule has 30 heteroatoms. The van der Waals surface area contributed by atoms with Gasteiger partial charge >= 0.3 is 71.6 Å². The van der Waals surface area contributed by atoms with E-state index < -0.39 is 71.6 Å². The summed E-state index contributed by atoms with van der Waals surface area (Å²) in [6.45, 7) is 19.5. The van der Waals surface area contributed by atoms with Crippen LogP contribution < -0.4 is 56.8 Å². The zero-order valence-corrected chi connectivity index (χ0v) is 68.9. The van der Waals surface area contributed by atoms with Crippen molar-refractivity contribution < 1.29 is 143 Å². The van der Waals surface area contributed by atoms with Crippen LogP contribution in [-0.4, -0.2) is 151 Å². The summed E-state index contributed by atoms with van der Waals surface area (Å²) in [5, 5.41) is 0. The zero-order valence-electron chi connectivity index (χ0n) is 68.9. The van der Waals surface area contributed by atoms with E-state index in [-0.39, 0.29) is 166 Å². The van der Waals surface area contributed by atoms with Gasteiger partial charge < -0.3 is 85.3 Å². The smallest absolute Gasteiger partial charge is 0.343 e. The molecule has 10 aromatic carbocycles. The van der Waals surface area contributed by atoms with Crippen LogP contribution in [0, 0.1) is 0 Å². The Labute approximate surface area is 736 Å². The standard InChI is InChI=1S/C99H78O30/c1-7-85(100)118-43-37-112-67-25-13-58(14-26-67)94(106)124-79-52-64-49-76-91(73(64)55-82(79)127-97(109)61-19-31-70(32-20-61)115-40-46-121-88(103)10-4)77-50-65-53-80(125-95(107)59-15-27-68(28-16-59)113-38-44-119-86(101)8-2)84(129-99(111)63-23-35-72(36-24-63)117-42-48-123-90(105)12-6)57-75(65)93(77)78-51-66-54-81(126-96(108)60-17-29-69(30-18-60)114-39-45-120-87(102)9-3)83(56-74(66)92(76)78)128-98(110)62-21-33-71(34-22-62)116-41-47-122-89(104)11-5/h7-36,52-57H,1-6,37-51H2. The van der Waals surface area contributed by atoms with E-state index in [0.29, 0.717) is 101 Å². The van der Waals surface area contributed by atoms with Gasteiger partial charge in [0.05, 0.1) is 33.4 Å². The van der Waals surface area contributed by atoms with Crippen molar-refractivity contribution >= 4 is 71.6 Å². The third-order valence-electron chi connectivity index (χ3n) is 19.6. The van der Waals surface area contributed by atoms with E-state index in [4.69, 9.17) is 85.3 Å². The number of rotatable bonds is 42. The number of hydrogen-bond acceptors (Lipinski definition) is 30. The molecule has 0 radical (unpaired) electrons. The fourth-order valence-corrected chi connectivity index (χ4v) is 13.7. The lowest BCUT2D eigenvalue weighted by molar-refractivity contribution is -0.139. The van der Waals surface area contributed by atoms with Gasteiger partial charge in [-0.1, -0.05) is 39.5 Å². The van der Waals surface area contributed by atoms with Crippen LogP contribution in [0.15, 0.2) is 258 Å². The highest BCUT2D eigenvalue weighted by molar-refractivity contribution is 6.04. The molecule has 0 saturated carbocycles. The van der Waals surface area contributed by atoms with Crippen molar-refractivity contribution in [3.8, 4) is 102 Å². The Bertz CT molecular complexity index is 5470. The average molecular weight is 1750 g/mol. The van der Waals surface area contributed by atoms with E-state index in [9.17, 15) is 57.5 Å². The number of esters is 12. The molecule has 0 saturated heterocycles. The highest BCUT2D eigenvalue weighted by Crippen LogP contribution is 2.60. The second kappa shape index (κ2) is 42.4. The molecule has 0 atom stereocenters. The summed E-state index contributed by atoms with van der Waals surface area (Å²) in [5.41, 5.74) is 6.86. The van der Waals surface area contributed by atoms with Crippen molar-refractivity contribution in [1.29, 1.82) is 0 Å². The third-order valence-corrected chi connectivity index (χ3v) is 19.6. The molecule has 0 unspecified atom stereocenters. The molecule has 129 heavy (non-hydrogen) atoms. The first kappa shape index (κ1) is 89.8. The van der Waals surface area contributed by atoms with Crippen LogP contribution in [0.5, 0.6) is 69.0 Å². The first-order chi connectivity index (χ1) is 62.6. The summed E-state index contributed by atoms with van der Waals surface area (Å²) in [5.74, 6) is -8.83.